The SMILES string of the molecule is CCCCn1c(=O)[nH]c(=O)c2c1nc(CCC(=O)N1CCN(C)CC1)n2CC(C)C. The summed E-state index contributed by atoms with van der Waals surface area (Å²) in [6.45, 7) is 10.6. The second kappa shape index (κ2) is 9.59. The Morgan fingerprint density at radius 2 is 1.83 bits per heavy atom. The number of fused-ring (bicyclic) bond motifs is 1. The van der Waals surface area contributed by atoms with E-state index in [2.05, 4.69) is 37.7 Å². The quantitative estimate of drug-likeness (QED) is 0.691. The number of carbonyl (C=O) groups excluding carboxylic acids is 1. The third-order valence-corrected chi connectivity index (χ3v) is 5.67. The van der Waals surface area contributed by atoms with E-state index >= 15 is 0 Å². The lowest BCUT2D eigenvalue weighted by Crippen LogP contribution is -2.47. The highest BCUT2D eigenvalue weighted by molar-refractivity contribution is 5.77. The maximum absolute atomic E-state index is 12.7. The molecule has 0 saturated carbocycles. The van der Waals surface area contributed by atoms with Gasteiger partial charge in [-0.05, 0) is 19.4 Å². The van der Waals surface area contributed by atoms with Crippen LogP contribution < -0.4 is 11.2 Å². The lowest BCUT2D eigenvalue weighted by Gasteiger charge is -2.32. The first-order valence-electron chi connectivity index (χ1n) is 11.0. The van der Waals surface area contributed by atoms with Crippen LogP contribution in [0.2, 0.25) is 0 Å². The summed E-state index contributed by atoms with van der Waals surface area (Å²) >= 11 is 0. The first-order valence-corrected chi connectivity index (χ1v) is 11.0. The minimum absolute atomic E-state index is 0.114. The third kappa shape index (κ3) is 4.83. The molecule has 2 aromatic heterocycles. The van der Waals surface area contributed by atoms with Gasteiger partial charge in [-0.3, -0.25) is 19.1 Å². The Kier molecular flexibility index (Phi) is 7.12. The summed E-state index contributed by atoms with van der Waals surface area (Å²) in [7, 11) is 2.06. The molecule has 0 aromatic carbocycles. The highest BCUT2D eigenvalue weighted by atomic mass is 16.2. The van der Waals surface area contributed by atoms with E-state index in [0.717, 1.165) is 39.0 Å². The van der Waals surface area contributed by atoms with Crippen LogP contribution in [0.25, 0.3) is 11.2 Å². The van der Waals surface area contributed by atoms with Crippen molar-refractivity contribution in [3.63, 3.8) is 0 Å². The van der Waals surface area contributed by atoms with Crippen LogP contribution >= 0.6 is 0 Å². The largest absolute Gasteiger partial charge is 0.340 e. The van der Waals surface area contributed by atoms with Crippen molar-refractivity contribution < 1.29 is 4.79 Å². The fourth-order valence-corrected chi connectivity index (χ4v) is 3.93. The summed E-state index contributed by atoms with van der Waals surface area (Å²) in [5.41, 5.74) is 0.0316. The zero-order chi connectivity index (χ0) is 21.8. The molecule has 9 nitrogen and oxygen atoms in total. The van der Waals surface area contributed by atoms with E-state index in [1.807, 2.05) is 9.47 Å². The molecular formula is C21H34N6O3. The minimum atomic E-state index is -0.421. The van der Waals surface area contributed by atoms with Crippen LogP contribution in [0.1, 0.15) is 45.9 Å². The van der Waals surface area contributed by atoms with Crippen molar-refractivity contribution in [2.45, 2.75) is 59.5 Å². The van der Waals surface area contributed by atoms with E-state index in [1.165, 1.54) is 0 Å². The molecule has 1 N–H and O–H groups in total. The molecule has 0 radical (unpaired) electrons. The number of aromatic amines is 1. The fourth-order valence-electron chi connectivity index (χ4n) is 3.93. The van der Waals surface area contributed by atoms with Gasteiger partial charge in [-0.1, -0.05) is 27.2 Å². The average molecular weight is 419 g/mol. The van der Waals surface area contributed by atoms with Crippen molar-refractivity contribution in [3.05, 3.63) is 26.7 Å². The number of amides is 1. The predicted octanol–water partition coefficient (Wildman–Crippen LogP) is 1.05. The number of likely N-dealkylation sites (N-methyl/N-ethyl adjacent to an activating group) is 1. The van der Waals surface area contributed by atoms with Gasteiger partial charge in [-0.15, -0.1) is 0 Å². The monoisotopic (exact) mass is 418 g/mol. The molecule has 3 rings (SSSR count). The number of aryl methyl sites for hydroxylation is 2. The van der Waals surface area contributed by atoms with E-state index in [1.54, 1.807) is 4.57 Å². The zero-order valence-electron chi connectivity index (χ0n) is 18.6. The number of hydrogen-bond acceptors (Lipinski definition) is 5. The zero-order valence-corrected chi connectivity index (χ0v) is 18.6. The van der Waals surface area contributed by atoms with E-state index < -0.39 is 11.2 Å². The molecule has 1 aliphatic heterocycles. The number of H-pyrrole nitrogens is 1. The first kappa shape index (κ1) is 22.3. The number of unbranched alkanes of at least 4 members (excludes halogenated alkanes) is 1. The van der Waals surface area contributed by atoms with Gasteiger partial charge in [0.15, 0.2) is 11.2 Å². The Morgan fingerprint density at radius 3 is 2.47 bits per heavy atom. The molecule has 1 aliphatic rings. The second-order valence-corrected chi connectivity index (χ2v) is 8.65. The lowest BCUT2D eigenvalue weighted by molar-refractivity contribution is -0.132. The van der Waals surface area contributed by atoms with Crippen molar-refractivity contribution >= 4 is 17.1 Å². The Morgan fingerprint density at radius 1 is 1.13 bits per heavy atom. The van der Waals surface area contributed by atoms with Crippen molar-refractivity contribution in [2.75, 3.05) is 33.2 Å². The van der Waals surface area contributed by atoms with Crippen LogP contribution in [0.3, 0.4) is 0 Å². The number of nitrogens with one attached hydrogen (secondary N) is 1. The average Bonchev–Trinajstić information content (AvgIpc) is 3.04. The standard InChI is InChI=1S/C21H34N6O3/c1-5-6-9-26-19-18(20(29)23-21(26)30)27(14-15(2)3)16(22-19)7-8-17(28)25-12-10-24(4)11-13-25/h15H,5-14H2,1-4H3,(H,23,29,30). The maximum Gasteiger partial charge on any atom is 0.330 e. The van der Waals surface area contributed by atoms with Gasteiger partial charge in [0.1, 0.15) is 5.82 Å². The molecular weight excluding hydrogens is 384 g/mol. The number of rotatable bonds is 8. The molecule has 1 amide bonds. The van der Waals surface area contributed by atoms with Crippen LogP contribution in [0.4, 0.5) is 0 Å². The molecule has 0 bridgehead atoms. The number of nitrogens with zero attached hydrogens (tertiary/aromatic N) is 5. The molecule has 0 aliphatic carbocycles. The Labute approximate surface area is 176 Å². The summed E-state index contributed by atoms with van der Waals surface area (Å²) in [6.07, 6.45) is 2.57. The van der Waals surface area contributed by atoms with Gasteiger partial charge in [0.25, 0.3) is 5.56 Å². The number of imidazole rings is 1. The van der Waals surface area contributed by atoms with Gasteiger partial charge in [-0.2, -0.15) is 0 Å². The summed E-state index contributed by atoms with van der Waals surface area (Å²) in [4.78, 5) is 49.0. The highest BCUT2D eigenvalue weighted by Gasteiger charge is 2.22. The molecule has 0 atom stereocenters. The van der Waals surface area contributed by atoms with Crippen molar-refractivity contribution in [1.29, 1.82) is 0 Å². The van der Waals surface area contributed by atoms with E-state index in [0.29, 0.717) is 48.8 Å². The van der Waals surface area contributed by atoms with Crippen LogP contribution in [0, 0.1) is 5.92 Å². The van der Waals surface area contributed by atoms with Gasteiger partial charge in [0, 0.05) is 52.1 Å². The lowest BCUT2D eigenvalue weighted by atomic mass is 10.2. The van der Waals surface area contributed by atoms with Crippen LogP contribution in [-0.2, 0) is 24.3 Å². The number of carbonyl (C=O) groups is 1. The van der Waals surface area contributed by atoms with Crippen LogP contribution in [0.15, 0.2) is 9.59 Å². The summed E-state index contributed by atoms with van der Waals surface area (Å²) < 4.78 is 3.46. The van der Waals surface area contributed by atoms with E-state index in [4.69, 9.17) is 4.98 Å². The molecule has 1 saturated heterocycles. The topological polar surface area (TPSA) is 96.2 Å². The van der Waals surface area contributed by atoms with Crippen molar-refractivity contribution in [2.24, 2.45) is 5.92 Å². The van der Waals surface area contributed by atoms with Crippen LogP contribution in [-0.4, -0.2) is 68.0 Å². The molecule has 0 unspecified atom stereocenters. The van der Waals surface area contributed by atoms with Gasteiger partial charge in [0.2, 0.25) is 5.91 Å². The number of aromatic nitrogens is 4. The molecule has 0 spiro atoms. The number of piperazine rings is 1. The summed E-state index contributed by atoms with van der Waals surface area (Å²) in [5, 5.41) is 0. The normalized spacial score (nSPS) is 15.4. The molecule has 166 valence electrons. The van der Waals surface area contributed by atoms with Crippen molar-refractivity contribution in [1.82, 2.24) is 28.9 Å². The van der Waals surface area contributed by atoms with Crippen LogP contribution in [0.5, 0.6) is 0 Å². The maximum atomic E-state index is 12.7. The van der Waals surface area contributed by atoms with E-state index in [9.17, 15) is 14.4 Å². The second-order valence-electron chi connectivity index (χ2n) is 8.65. The predicted molar refractivity (Wildman–Crippen MR) is 117 cm³/mol. The minimum Gasteiger partial charge on any atom is -0.340 e. The Bertz CT molecular complexity index is 995. The molecule has 30 heavy (non-hydrogen) atoms. The molecule has 3 heterocycles. The Balaban J connectivity index is 1.92. The smallest absolute Gasteiger partial charge is 0.330 e. The molecule has 2 aromatic rings. The first-order chi connectivity index (χ1) is 14.3. The van der Waals surface area contributed by atoms with Gasteiger partial charge < -0.3 is 14.4 Å². The molecule has 1 fully saturated rings. The van der Waals surface area contributed by atoms with Crippen molar-refractivity contribution in [3.8, 4) is 0 Å². The molecule has 9 heteroatoms. The highest BCUT2D eigenvalue weighted by Crippen LogP contribution is 2.16. The van der Waals surface area contributed by atoms with Gasteiger partial charge >= 0.3 is 5.69 Å². The van der Waals surface area contributed by atoms with Gasteiger partial charge in [0.05, 0.1) is 0 Å². The summed E-state index contributed by atoms with van der Waals surface area (Å²) in [5.74, 6) is 1.11. The fraction of sp³-hybridized carbons (Fsp3) is 0.714. The third-order valence-electron chi connectivity index (χ3n) is 5.67. The Hall–Kier alpha value is -2.42. The number of hydrogen-bond donors (Lipinski definition) is 1. The summed E-state index contributed by atoms with van der Waals surface area (Å²) in [6, 6.07) is 0. The van der Waals surface area contributed by atoms with Gasteiger partial charge in [-0.25, -0.2) is 9.78 Å². The van der Waals surface area contributed by atoms with E-state index in [-0.39, 0.29) is 5.91 Å².